The van der Waals surface area contributed by atoms with Crippen LogP contribution in [0, 0.1) is 6.92 Å². The van der Waals surface area contributed by atoms with Crippen molar-refractivity contribution in [1.29, 1.82) is 0 Å². The first-order chi connectivity index (χ1) is 17.0. The second-order valence-electron chi connectivity index (χ2n) is 9.15. The second kappa shape index (κ2) is 9.64. The van der Waals surface area contributed by atoms with Crippen molar-refractivity contribution in [3.63, 3.8) is 0 Å². The lowest BCUT2D eigenvalue weighted by atomic mass is 9.84. The molecule has 186 valence electrons. The summed E-state index contributed by atoms with van der Waals surface area (Å²) in [6.07, 6.45) is -3.02. The molecule has 0 aliphatic heterocycles. The van der Waals surface area contributed by atoms with Crippen molar-refractivity contribution in [1.82, 2.24) is 4.98 Å². The maximum absolute atomic E-state index is 13.5. The normalized spacial score (nSPS) is 12.0. The molecule has 1 aromatic heterocycles. The van der Waals surface area contributed by atoms with Crippen LogP contribution in [-0.4, -0.2) is 18.1 Å². The molecule has 0 fully saturated rings. The number of ether oxygens (including phenoxy) is 2. The quantitative estimate of drug-likeness (QED) is 0.265. The minimum Gasteiger partial charge on any atom is -0.489 e. The summed E-state index contributed by atoms with van der Waals surface area (Å²) in [5.74, 6) is 0.271. The number of aromatic nitrogens is 1. The van der Waals surface area contributed by atoms with Gasteiger partial charge in [-0.2, -0.15) is 13.2 Å². The molecule has 7 heteroatoms. The molecule has 4 aromatic rings. The predicted molar refractivity (Wildman–Crippen MR) is 133 cm³/mol. The van der Waals surface area contributed by atoms with Crippen molar-refractivity contribution >= 4 is 16.9 Å². The summed E-state index contributed by atoms with van der Waals surface area (Å²) >= 11 is 0. The fraction of sp³-hybridized carbons (Fsp3) is 0.241. The highest BCUT2D eigenvalue weighted by molar-refractivity contribution is 5.97. The fourth-order valence-corrected chi connectivity index (χ4v) is 4.23. The smallest absolute Gasteiger partial charge is 0.418 e. The van der Waals surface area contributed by atoms with Gasteiger partial charge in [0.2, 0.25) is 0 Å². The molecule has 0 aliphatic rings. The predicted octanol–water partition coefficient (Wildman–Crippen LogP) is 7.26. The van der Waals surface area contributed by atoms with Gasteiger partial charge in [-0.1, -0.05) is 48.5 Å². The highest BCUT2D eigenvalue weighted by Crippen LogP contribution is 2.39. The molecule has 0 N–H and O–H groups in total. The van der Waals surface area contributed by atoms with E-state index in [0.29, 0.717) is 16.7 Å². The van der Waals surface area contributed by atoms with E-state index in [0.717, 1.165) is 28.3 Å². The zero-order valence-corrected chi connectivity index (χ0v) is 20.4. The second-order valence-corrected chi connectivity index (χ2v) is 9.15. The largest absolute Gasteiger partial charge is 0.489 e. The van der Waals surface area contributed by atoms with Crippen LogP contribution in [0.4, 0.5) is 13.2 Å². The van der Waals surface area contributed by atoms with Crippen molar-refractivity contribution in [3.8, 4) is 16.9 Å². The van der Waals surface area contributed by atoms with Crippen molar-refractivity contribution in [2.24, 2.45) is 0 Å². The van der Waals surface area contributed by atoms with Crippen molar-refractivity contribution in [2.75, 3.05) is 7.11 Å². The van der Waals surface area contributed by atoms with Crippen LogP contribution >= 0.6 is 0 Å². The first-order valence-electron chi connectivity index (χ1n) is 11.4. The van der Waals surface area contributed by atoms with Crippen LogP contribution < -0.4 is 4.74 Å². The molecule has 36 heavy (non-hydrogen) atoms. The lowest BCUT2D eigenvalue weighted by molar-refractivity contribution is -0.146. The molecule has 4 rings (SSSR count). The summed E-state index contributed by atoms with van der Waals surface area (Å²) in [6, 6.07) is 18.9. The van der Waals surface area contributed by atoms with Crippen LogP contribution in [0.2, 0.25) is 0 Å². The van der Waals surface area contributed by atoms with Crippen LogP contribution in [-0.2, 0) is 27.7 Å². The third kappa shape index (κ3) is 4.91. The van der Waals surface area contributed by atoms with Gasteiger partial charge in [-0.05, 0) is 66.8 Å². The molecule has 3 aromatic carbocycles. The Morgan fingerprint density at radius 2 is 1.67 bits per heavy atom. The number of hydrogen-bond donors (Lipinski definition) is 0. The van der Waals surface area contributed by atoms with Gasteiger partial charge in [-0.3, -0.25) is 9.78 Å². The van der Waals surface area contributed by atoms with Gasteiger partial charge in [0.25, 0.3) is 0 Å². The Balaban J connectivity index is 1.60. The molecule has 0 spiro atoms. The average molecular weight is 494 g/mol. The number of rotatable bonds is 6. The zero-order chi connectivity index (χ0) is 26.1. The number of carbonyl (C=O) groups excluding carboxylic acids is 1. The molecule has 0 saturated heterocycles. The van der Waals surface area contributed by atoms with E-state index in [4.69, 9.17) is 9.47 Å². The van der Waals surface area contributed by atoms with E-state index in [-0.39, 0.29) is 18.1 Å². The van der Waals surface area contributed by atoms with Crippen LogP contribution in [0.5, 0.6) is 5.75 Å². The Labute approximate surface area is 207 Å². The Kier molecular flexibility index (Phi) is 6.76. The van der Waals surface area contributed by atoms with E-state index in [1.165, 1.54) is 19.4 Å². The Morgan fingerprint density at radius 3 is 2.33 bits per heavy atom. The van der Waals surface area contributed by atoms with E-state index < -0.39 is 17.2 Å². The number of carbonyl (C=O) groups is 1. The molecule has 4 nitrogen and oxygen atoms in total. The van der Waals surface area contributed by atoms with Gasteiger partial charge in [0.05, 0.1) is 23.6 Å². The van der Waals surface area contributed by atoms with E-state index in [2.05, 4.69) is 4.98 Å². The molecular formula is C29H26F3NO3. The standard InChI is InChI=1S/C29H26F3NO3/c1-18-16-33-26-23(9-6-10-24(26)29(30,31)32)25(18)20-7-5-8-22(15-20)36-17-19-11-13-21(14-12-19)28(2,3)27(34)35-4/h5-16H,17H2,1-4H3. The number of esters is 1. The summed E-state index contributed by atoms with van der Waals surface area (Å²) in [6.45, 7) is 5.72. The number of aryl methyl sites for hydroxylation is 1. The molecular weight excluding hydrogens is 467 g/mol. The van der Waals surface area contributed by atoms with Crippen LogP contribution in [0.3, 0.4) is 0 Å². The van der Waals surface area contributed by atoms with E-state index in [1.807, 2.05) is 49.4 Å². The van der Waals surface area contributed by atoms with Crippen molar-refractivity contribution in [2.45, 2.75) is 39.0 Å². The van der Waals surface area contributed by atoms with Gasteiger partial charge < -0.3 is 9.47 Å². The molecule has 0 aliphatic carbocycles. The topological polar surface area (TPSA) is 48.4 Å². The van der Waals surface area contributed by atoms with Crippen molar-refractivity contribution in [3.05, 3.63) is 95.2 Å². The molecule has 0 saturated carbocycles. The summed E-state index contributed by atoms with van der Waals surface area (Å²) < 4.78 is 51.5. The van der Waals surface area contributed by atoms with Gasteiger partial charge in [0, 0.05) is 11.6 Å². The molecule has 0 bridgehead atoms. The Morgan fingerprint density at radius 1 is 0.972 bits per heavy atom. The molecule has 0 amide bonds. The first kappa shape index (κ1) is 25.2. The summed E-state index contributed by atoms with van der Waals surface area (Å²) in [7, 11) is 1.37. The first-order valence-corrected chi connectivity index (χ1v) is 11.4. The van der Waals surface area contributed by atoms with Crippen LogP contribution in [0.15, 0.2) is 72.9 Å². The maximum Gasteiger partial charge on any atom is 0.418 e. The third-order valence-electron chi connectivity index (χ3n) is 6.29. The van der Waals surface area contributed by atoms with E-state index >= 15 is 0 Å². The average Bonchev–Trinajstić information content (AvgIpc) is 2.86. The zero-order valence-electron chi connectivity index (χ0n) is 20.4. The lowest BCUT2D eigenvalue weighted by Gasteiger charge is -2.22. The maximum atomic E-state index is 13.5. The van der Waals surface area contributed by atoms with Gasteiger partial charge >= 0.3 is 12.1 Å². The number of alkyl halides is 3. The SMILES string of the molecule is COC(=O)C(C)(C)c1ccc(COc2cccc(-c3c(C)cnc4c(C(F)(F)F)cccc34)c2)cc1. The van der Waals surface area contributed by atoms with E-state index in [1.54, 1.807) is 26.0 Å². The minimum absolute atomic E-state index is 0.0770. The summed E-state index contributed by atoms with van der Waals surface area (Å²) in [5, 5.41) is 0.436. The fourth-order valence-electron chi connectivity index (χ4n) is 4.23. The van der Waals surface area contributed by atoms with Gasteiger partial charge in [-0.25, -0.2) is 0 Å². The monoisotopic (exact) mass is 493 g/mol. The highest BCUT2D eigenvalue weighted by atomic mass is 19.4. The van der Waals surface area contributed by atoms with E-state index in [9.17, 15) is 18.0 Å². The summed E-state index contributed by atoms with van der Waals surface area (Å²) in [4.78, 5) is 16.1. The van der Waals surface area contributed by atoms with Crippen molar-refractivity contribution < 1.29 is 27.4 Å². The number of benzene rings is 3. The molecule has 0 unspecified atom stereocenters. The summed E-state index contributed by atoms with van der Waals surface area (Å²) in [5.41, 5.74) is 2.34. The van der Waals surface area contributed by atoms with Gasteiger partial charge in [-0.15, -0.1) is 0 Å². The molecule has 0 radical (unpaired) electrons. The van der Waals surface area contributed by atoms with Crippen LogP contribution in [0.25, 0.3) is 22.0 Å². The number of para-hydroxylation sites is 1. The van der Waals surface area contributed by atoms with Gasteiger partial charge in [0.1, 0.15) is 12.4 Å². The Bertz CT molecular complexity index is 1410. The number of nitrogens with zero attached hydrogens (tertiary/aromatic N) is 1. The Hall–Kier alpha value is -3.87. The number of halogens is 3. The van der Waals surface area contributed by atoms with Gasteiger partial charge in [0.15, 0.2) is 0 Å². The lowest BCUT2D eigenvalue weighted by Crippen LogP contribution is -2.30. The third-order valence-corrected chi connectivity index (χ3v) is 6.29. The number of pyridine rings is 1. The number of fused-ring (bicyclic) bond motifs is 1. The highest BCUT2D eigenvalue weighted by Gasteiger charge is 2.33. The number of hydrogen-bond acceptors (Lipinski definition) is 4. The molecule has 0 atom stereocenters. The minimum atomic E-state index is -4.49. The molecule has 1 heterocycles. The van der Waals surface area contributed by atoms with Crippen LogP contribution in [0.1, 0.15) is 36.1 Å². The number of methoxy groups -OCH3 is 1.